The van der Waals surface area contributed by atoms with Crippen molar-refractivity contribution in [1.82, 2.24) is 4.37 Å². The third kappa shape index (κ3) is 1.15. The van der Waals surface area contributed by atoms with Gasteiger partial charge in [0.2, 0.25) is 0 Å². The second kappa shape index (κ2) is 2.35. The molecule has 0 saturated heterocycles. The zero-order valence-corrected chi connectivity index (χ0v) is 9.88. The van der Waals surface area contributed by atoms with E-state index in [1.165, 1.54) is 22.6 Å². The number of fused-ring (bicyclic) bond motifs is 1. The largest absolute Gasteiger partial charge is 0.197 e. The van der Waals surface area contributed by atoms with Crippen molar-refractivity contribution in [1.29, 1.82) is 0 Å². The molecule has 0 bridgehead atoms. The van der Waals surface area contributed by atoms with Gasteiger partial charge in [-0.1, -0.05) is 27.7 Å². The van der Waals surface area contributed by atoms with Gasteiger partial charge in [-0.25, -0.2) is 0 Å². The molecule has 0 unspecified atom stereocenters. The summed E-state index contributed by atoms with van der Waals surface area (Å²) in [5, 5.41) is 0. The maximum Gasteiger partial charge on any atom is 0.0638 e. The van der Waals surface area contributed by atoms with Crippen molar-refractivity contribution >= 4 is 11.5 Å². The van der Waals surface area contributed by atoms with Gasteiger partial charge in [-0.3, -0.25) is 0 Å². The van der Waals surface area contributed by atoms with E-state index >= 15 is 0 Å². The van der Waals surface area contributed by atoms with E-state index in [1.807, 2.05) is 0 Å². The molecule has 0 saturated carbocycles. The molecule has 1 nitrogen and oxygen atoms in total. The molecule has 0 fully saturated rings. The molecular formula is C11H17NS. The molecule has 0 N–H and O–H groups in total. The molecule has 0 atom stereocenters. The van der Waals surface area contributed by atoms with Gasteiger partial charge in [-0.2, -0.15) is 4.37 Å². The number of nitrogens with zero attached hydrogens (tertiary/aromatic N) is 1. The topological polar surface area (TPSA) is 12.9 Å². The minimum atomic E-state index is 0.281. The maximum absolute atomic E-state index is 4.59. The van der Waals surface area contributed by atoms with Crippen molar-refractivity contribution in [3.8, 4) is 0 Å². The molecule has 13 heavy (non-hydrogen) atoms. The van der Waals surface area contributed by atoms with Crippen LogP contribution in [0.4, 0.5) is 0 Å². The van der Waals surface area contributed by atoms with Crippen LogP contribution in [0.1, 0.15) is 50.3 Å². The summed E-state index contributed by atoms with van der Waals surface area (Å²) < 4.78 is 4.59. The van der Waals surface area contributed by atoms with Crippen molar-refractivity contribution in [3.05, 3.63) is 16.1 Å². The van der Waals surface area contributed by atoms with Gasteiger partial charge in [0.15, 0.2) is 0 Å². The van der Waals surface area contributed by atoms with Gasteiger partial charge in [-0.15, -0.1) is 0 Å². The van der Waals surface area contributed by atoms with Crippen molar-refractivity contribution in [2.45, 2.75) is 51.9 Å². The molecule has 0 amide bonds. The van der Waals surface area contributed by atoms with E-state index in [-0.39, 0.29) is 5.41 Å². The second-order valence-electron chi connectivity index (χ2n) is 5.41. The van der Waals surface area contributed by atoms with E-state index in [4.69, 9.17) is 0 Å². The van der Waals surface area contributed by atoms with Crippen molar-refractivity contribution in [2.24, 2.45) is 0 Å². The van der Waals surface area contributed by atoms with Crippen LogP contribution in [-0.2, 0) is 10.8 Å². The standard InChI is InChI=1S/C11H17NS/c1-7-8-9(12-13-7)11(4,5)6-10(8,2)3/h6H2,1-5H3. The van der Waals surface area contributed by atoms with E-state index in [1.54, 1.807) is 11.5 Å². The Morgan fingerprint density at radius 2 is 1.77 bits per heavy atom. The molecule has 1 aromatic heterocycles. The van der Waals surface area contributed by atoms with Crippen LogP contribution < -0.4 is 0 Å². The number of aryl methyl sites for hydroxylation is 1. The molecule has 0 aromatic carbocycles. The monoisotopic (exact) mass is 195 g/mol. The van der Waals surface area contributed by atoms with E-state index in [0.29, 0.717) is 5.41 Å². The lowest BCUT2D eigenvalue weighted by Gasteiger charge is -2.22. The molecule has 1 heterocycles. The molecule has 1 aromatic rings. The van der Waals surface area contributed by atoms with Crippen molar-refractivity contribution in [2.75, 3.05) is 0 Å². The fraction of sp³-hybridized carbons (Fsp3) is 0.727. The van der Waals surface area contributed by atoms with Gasteiger partial charge >= 0.3 is 0 Å². The molecule has 2 heteroatoms. The van der Waals surface area contributed by atoms with Gasteiger partial charge in [0.05, 0.1) is 5.69 Å². The third-order valence-corrected chi connectivity index (χ3v) is 3.82. The highest BCUT2D eigenvalue weighted by atomic mass is 32.1. The minimum Gasteiger partial charge on any atom is -0.197 e. The van der Waals surface area contributed by atoms with Crippen LogP contribution in [0.25, 0.3) is 0 Å². The first-order valence-corrected chi connectivity index (χ1v) is 5.59. The average Bonchev–Trinajstić information content (AvgIpc) is 2.35. The van der Waals surface area contributed by atoms with Crippen LogP contribution in [0, 0.1) is 6.92 Å². The van der Waals surface area contributed by atoms with E-state index < -0.39 is 0 Å². The Morgan fingerprint density at radius 1 is 1.15 bits per heavy atom. The lowest BCUT2D eigenvalue weighted by Crippen LogP contribution is -2.19. The van der Waals surface area contributed by atoms with Crippen LogP contribution in [0.5, 0.6) is 0 Å². The van der Waals surface area contributed by atoms with Crippen LogP contribution in [0.2, 0.25) is 0 Å². The minimum absolute atomic E-state index is 0.281. The number of hydrogen-bond donors (Lipinski definition) is 0. The number of hydrogen-bond acceptors (Lipinski definition) is 2. The molecule has 72 valence electrons. The summed E-state index contributed by atoms with van der Waals surface area (Å²) in [5.41, 5.74) is 3.47. The zero-order chi connectivity index (χ0) is 9.85. The number of aromatic nitrogens is 1. The molecule has 1 aliphatic rings. The quantitative estimate of drug-likeness (QED) is 0.618. The molecule has 0 aliphatic heterocycles. The fourth-order valence-electron chi connectivity index (χ4n) is 2.91. The Balaban J connectivity index is 2.67. The van der Waals surface area contributed by atoms with E-state index in [9.17, 15) is 0 Å². The number of rotatable bonds is 0. The summed E-state index contributed by atoms with van der Waals surface area (Å²) >= 11 is 1.66. The van der Waals surface area contributed by atoms with E-state index in [2.05, 4.69) is 39.0 Å². The van der Waals surface area contributed by atoms with Crippen LogP contribution in [0.3, 0.4) is 0 Å². The predicted molar refractivity (Wildman–Crippen MR) is 57.5 cm³/mol. The molecular weight excluding hydrogens is 178 g/mol. The lowest BCUT2D eigenvalue weighted by atomic mass is 9.82. The summed E-state index contributed by atoms with van der Waals surface area (Å²) in [6, 6.07) is 0. The lowest BCUT2D eigenvalue weighted by molar-refractivity contribution is 0.399. The van der Waals surface area contributed by atoms with Gasteiger partial charge < -0.3 is 0 Å². The highest BCUT2D eigenvalue weighted by molar-refractivity contribution is 7.06. The Kier molecular flexibility index (Phi) is 1.66. The highest BCUT2D eigenvalue weighted by Gasteiger charge is 2.45. The van der Waals surface area contributed by atoms with Gasteiger partial charge in [-0.05, 0) is 35.9 Å². The SMILES string of the molecule is Cc1snc2c1C(C)(C)CC2(C)C. The molecule has 0 spiro atoms. The molecule has 2 rings (SSSR count). The smallest absolute Gasteiger partial charge is 0.0638 e. The molecule has 0 radical (unpaired) electrons. The van der Waals surface area contributed by atoms with Crippen LogP contribution in [-0.4, -0.2) is 4.37 Å². The van der Waals surface area contributed by atoms with Gasteiger partial charge in [0.25, 0.3) is 0 Å². The van der Waals surface area contributed by atoms with E-state index in [0.717, 1.165) is 0 Å². The van der Waals surface area contributed by atoms with Crippen LogP contribution >= 0.6 is 11.5 Å². The van der Waals surface area contributed by atoms with Crippen LogP contribution in [0.15, 0.2) is 0 Å². The molecule has 1 aliphatic carbocycles. The van der Waals surface area contributed by atoms with Crippen molar-refractivity contribution in [3.63, 3.8) is 0 Å². The predicted octanol–water partition coefficient (Wildman–Crippen LogP) is 3.41. The van der Waals surface area contributed by atoms with Gasteiger partial charge in [0.1, 0.15) is 0 Å². The summed E-state index contributed by atoms with van der Waals surface area (Å²) in [6.07, 6.45) is 1.23. The summed E-state index contributed by atoms with van der Waals surface area (Å²) in [6.45, 7) is 11.5. The first kappa shape index (κ1) is 9.20. The van der Waals surface area contributed by atoms with Gasteiger partial charge in [0, 0.05) is 10.3 Å². The first-order valence-electron chi connectivity index (χ1n) is 4.82. The summed E-state index contributed by atoms with van der Waals surface area (Å²) in [7, 11) is 0. The third-order valence-electron chi connectivity index (χ3n) is 3.06. The Bertz CT molecular complexity index is 347. The maximum atomic E-state index is 4.59. The Hall–Kier alpha value is -0.370. The zero-order valence-electron chi connectivity index (χ0n) is 9.06. The second-order valence-corrected chi connectivity index (χ2v) is 6.38. The summed E-state index contributed by atoms with van der Waals surface area (Å²) in [5.74, 6) is 0. The first-order chi connectivity index (χ1) is 5.84. The highest BCUT2D eigenvalue weighted by Crippen LogP contribution is 2.50. The normalized spacial score (nSPS) is 23.2. The average molecular weight is 195 g/mol. The van der Waals surface area contributed by atoms with Crippen molar-refractivity contribution < 1.29 is 0 Å². The fourth-order valence-corrected chi connectivity index (χ4v) is 3.94. The Morgan fingerprint density at radius 3 is 2.31 bits per heavy atom. The summed E-state index contributed by atoms with van der Waals surface area (Å²) in [4.78, 5) is 1.41. The Labute approximate surface area is 84.3 Å².